The second-order valence-corrected chi connectivity index (χ2v) is 5.72. The summed E-state index contributed by atoms with van der Waals surface area (Å²) in [4.78, 5) is 11.8. The van der Waals surface area contributed by atoms with Gasteiger partial charge in [-0.25, -0.2) is 0 Å². The lowest BCUT2D eigenvalue weighted by Crippen LogP contribution is -2.30. The third kappa shape index (κ3) is 4.27. The molecule has 1 amide bonds. The van der Waals surface area contributed by atoms with Gasteiger partial charge in [0.15, 0.2) is 0 Å². The number of anilines is 1. The first-order chi connectivity index (χ1) is 9.15. The Hall–Kier alpha value is -1.51. The topological polar surface area (TPSA) is 55.1 Å². The highest BCUT2D eigenvalue weighted by Crippen LogP contribution is 2.30. The summed E-state index contributed by atoms with van der Waals surface area (Å²) in [7, 11) is 0. The zero-order valence-corrected chi connectivity index (χ0v) is 11.7. The van der Waals surface area contributed by atoms with E-state index >= 15 is 0 Å². The lowest BCUT2D eigenvalue weighted by atomic mass is 9.98. The summed E-state index contributed by atoms with van der Waals surface area (Å²) in [5.74, 6) is 1.59. The standard InChI is InChI=1S/C16H24N2O/c1-12-4-2-6-14(12)11-18-16(19)9-8-13-5-3-7-15(17)10-13/h3,5,7,10,12,14H,2,4,6,8-9,11,17H2,1H3,(H,18,19). The molecule has 1 aromatic rings. The molecule has 1 aliphatic rings. The van der Waals surface area contributed by atoms with Gasteiger partial charge in [-0.05, 0) is 42.4 Å². The van der Waals surface area contributed by atoms with E-state index < -0.39 is 0 Å². The Bertz CT molecular complexity index is 431. The van der Waals surface area contributed by atoms with E-state index in [1.54, 1.807) is 0 Å². The molecule has 2 unspecified atom stereocenters. The van der Waals surface area contributed by atoms with Gasteiger partial charge < -0.3 is 11.1 Å². The van der Waals surface area contributed by atoms with Crippen LogP contribution < -0.4 is 11.1 Å². The quantitative estimate of drug-likeness (QED) is 0.800. The number of hydrogen-bond acceptors (Lipinski definition) is 2. The molecule has 0 heterocycles. The average Bonchev–Trinajstić information content (AvgIpc) is 2.80. The van der Waals surface area contributed by atoms with E-state index in [0.29, 0.717) is 12.3 Å². The van der Waals surface area contributed by atoms with Gasteiger partial charge in [0.1, 0.15) is 0 Å². The van der Waals surface area contributed by atoms with Crippen molar-refractivity contribution in [2.45, 2.75) is 39.0 Å². The van der Waals surface area contributed by atoms with E-state index in [4.69, 9.17) is 5.73 Å². The fourth-order valence-corrected chi connectivity index (χ4v) is 2.87. The molecule has 1 aromatic carbocycles. The van der Waals surface area contributed by atoms with Gasteiger partial charge in [-0.15, -0.1) is 0 Å². The van der Waals surface area contributed by atoms with Crippen LogP contribution in [0.1, 0.15) is 38.2 Å². The van der Waals surface area contributed by atoms with Crippen molar-refractivity contribution in [3.63, 3.8) is 0 Å². The number of rotatable bonds is 5. The first-order valence-corrected chi connectivity index (χ1v) is 7.26. The number of nitrogens with one attached hydrogen (secondary N) is 1. The van der Waals surface area contributed by atoms with Crippen molar-refractivity contribution in [1.82, 2.24) is 5.32 Å². The van der Waals surface area contributed by atoms with E-state index in [1.807, 2.05) is 24.3 Å². The molecule has 1 aliphatic carbocycles. The zero-order valence-electron chi connectivity index (χ0n) is 11.7. The molecular formula is C16H24N2O. The summed E-state index contributed by atoms with van der Waals surface area (Å²) in [6.45, 7) is 3.13. The minimum absolute atomic E-state index is 0.154. The average molecular weight is 260 g/mol. The normalized spacial score (nSPS) is 22.4. The number of carbonyl (C=O) groups excluding carboxylic acids is 1. The van der Waals surface area contributed by atoms with Crippen LogP contribution in [0.2, 0.25) is 0 Å². The monoisotopic (exact) mass is 260 g/mol. The third-order valence-electron chi connectivity index (χ3n) is 4.19. The maximum absolute atomic E-state index is 11.8. The fraction of sp³-hybridized carbons (Fsp3) is 0.562. The van der Waals surface area contributed by atoms with Crippen LogP contribution in [-0.4, -0.2) is 12.5 Å². The van der Waals surface area contributed by atoms with Crippen molar-refractivity contribution in [3.8, 4) is 0 Å². The first-order valence-electron chi connectivity index (χ1n) is 7.26. The molecule has 0 aromatic heterocycles. The highest BCUT2D eigenvalue weighted by Gasteiger charge is 2.23. The summed E-state index contributed by atoms with van der Waals surface area (Å²) < 4.78 is 0. The molecule has 0 aliphatic heterocycles. The third-order valence-corrected chi connectivity index (χ3v) is 4.19. The smallest absolute Gasteiger partial charge is 0.220 e. The van der Waals surface area contributed by atoms with E-state index in [-0.39, 0.29) is 5.91 Å². The first kappa shape index (κ1) is 13.9. The highest BCUT2D eigenvalue weighted by molar-refractivity contribution is 5.76. The van der Waals surface area contributed by atoms with Gasteiger partial charge in [0.2, 0.25) is 5.91 Å². The zero-order chi connectivity index (χ0) is 13.7. The number of benzene rings is 1. The van der Waals surface area contributed by atoms with Crippen molar-refractivity contribution in [3.05, 3.63) is 29.8 Å². The van der Waals surface area contributed by atoms with Gasteiger partial charge in [-0.1, -0.05) is 31.9 Å². The molecule has 2 atom stereocenters. The van der Waals surface area contributed by atoms with Crippen LogP contribution in [0.25, 0.3) is 0 Å². The van der Waals surface area contributed by atoms with Crippen LogP contribution in [0.3, 0.4) is 0 Å². The van der Waals surface area contributed by atoms with Gasteiger partial charge in [0.05, 0.1) is 0 Å². The Labute approximate surface area is 115 Å². The number of carbonyl (C=O) groups is 1. The van der Waals surface area contributed by atoms with Crippen LogP contribution in [-0.2, 0) is 11.2 Å². The van der Waals surface area contributed by atoms with Crippen molar-refractivity contribution < 1.29 is 4.79 Å². The van der Waals surface area contributed by atoms with E-state index in [1.165, 1.54) is 19.3 Å². The Morgan fingerprint density at radius 2 is 2.26 bits per heavy atom. The number of hydrogen-bond donors (Lipinski definition) is 2. The summed E-state index contributed by atoms with van der Waals surface area (Å²) in [6, 6.07) is 7.75. The summed E-state index contributed by atoms with van der Waals surface area (Å²) in [6.07, 6.45) is 5.19. The maximum Gasteiger partial charge on any atom is 0.220 e. The number of nitrogens with two attached hydrogens (primary N) is 1. The predicted molar refractivity (Wildman–Crippen MR) is 78.7 cm³/mol. The van der Waals surface area contributed by atoms with Crippen LogP contribution in [0.5, 0.6) is 0 Å². The molecule has 3 nitrogen and oxygen atoms in total. The Morgan fingerprint density at radius 1 is 1.42 bits per heavy atom. The molecule has 1 fully saturated rings. The number of nitrogen functional groups attached to an aromatic ring is 1. The summed E-state index contributed by atoms with van der Waals surface area (Å²) in [5, 5.41) is 3.07. The van der Waals surface area contributed by atoms with Crippen LogP contribution in [0.15, 0.2) is 24.3 Å². The predicted octanol–water partition coefficient (Wildman–Crippen LogP) is 2.75. The van der Waals surface area contributed by atoms with E-state index in [9.17, 15) is 4.79 Å². The lowest BCUT2D eigenvalue weighted by Gasteiger charge is -2.15. The Kier molecular flexibility index (Phi) is 4.83. The second kappa shape index (κ2) is 6.60. The van der Waals surface area contributed by atoms with Gasteiger partial charge in [-0.3, -0.25) is 4.79 Å². The fourth-order valence-electron chi connectivity index (χ4n) is 2.87. The van der Waals surface area contributed by atoms with Gasteiger partial charge in [-0.2, -0.15) is 0 Å². The SMILES string of the molecule is CC1CCCC1CNC(=O)CCc1cccc(N)c1. The van der Waals surface area contributed by atoms with Gasteiger partial charge >= 0.3 is 0 Å². The Balaban J connectivity index is 1.70. The summed E-state index contributed by atoms with van der Waals surface area (Å²) in [5.41, 5.74) is 7.61. The number of aryl methyl sites for hydroxylation is 1. The lowest BCUT2D eigenvalue weighted by molar-refractivity contribution is -0.121. The molecular weight excluding hydrogens is 236 g/mol. The van der Waals surface area contributed by atoms with Crippen molar-refractivity contribution >= 4 is 11.6 Å². The molecule has 1 saturated carbocycles. The number of amides is 1. The van der Waals surface area contributed by atoms with Gasteiger partial charge in [0.25, 0.3) is 0 Å². The molecule has 19 heavy (non-hydrogen) atoms. The van der Waals surface area contributed by atoms with Gasteiger partial charge in [0, 0.05) is 18.7 Å². The van der Waals surface area contributed by atoms with E-state index in [0.717, 1.165) is 30.1 Å². The molecule has 2 rings (SSSR count). The Morgan fingerprint density at radius 3 is 2.95 bits per heavy atom. The largest absolute Gasteiger partial charge is 0.399 e. The second-order valence-electron chi connectivity index (χ2n) is 5.72. The van der Waals surface area contributed by atoms with Crippen molar-refractivity contribution in [1.29, 1.82) is 0 Å². The van der Waals surface area contributed by atoms with Crippen LogP contribution >= 0.6 is 0 Å². The minimum atomic E-state index is 0.154. The summed E-state index contributed by atoms with van der Waals surface area (Å²) >= 11 is 0. The molecule has 0 spiro atoms. The minimum Gasteiger partial charge on any atom is -0.399 e. The highest BCUT2D eigenvalue weighted by atomic mass is 16.1. The van der Waals surface area contributed by atoms with Crippen molar-refractivity contribution in [2.75, 3.05) is 12.3 Å². The molecule has 0 bridgehead atoms. The maximum atomic E-state index is 11.8. The molecule has 3 N–H and O–H groups in total. The molecule has 104 valence electrons. The van der Waals surface area contributed by atoms with E-state index in [2.05, 4.69) is 12.2 Å². The molecule has 0 saturated heterocycles. The van der Waals surface area contributed by atoms with Crippen LogP contribution in [0, 0.1) is 11.8 Å². The molecule has 3 heteroatoms. The van der Waals surface area contributed by atoms with Crippen LogP contribution in [0.4, 0.5) is 5.69 Å². The van der Waals surface area contributed by atoms with Crippen molar-refractivity contribution in [2.24, 2.45) is 11.8 Å². The molecule has 0 radical (unpaired) electrons.